The first-order chi connectivity index (χ1) is 13.6. The van der Waals surface area contributed by atoms with E-state index in [0.717, 1.165) is 31.8 Å². The average molecular weight is 454 g/mol. The quantitative estimate of drug-likeness (QED) is 0.352. The summed E-state index contributed by atoms with van der Waals surface area (Å²) in [6, 6.07) is 15.6. The van der Waals surface area contributed by atoms with E-state index in [-0.39, 0.29) is 11.7 Å². The number of para-hydroxylation sites is 1. The molecule has 0 aliphatic heterocycles. The maximum absolute atomic E-state index is 12.4. The Morgan fingerprint density at radius 1 is 1.18 bits per heavy atom. The van der Waals surface area contributed by atoms with Crippen molar-refractivity contribution < 1.29 is 4.79 Å². The maximum Gasteiger partial charge on any atom is 0.234 e. The van der Waals surface area contributed by atoms with Gasteiger partial charge in [0.1, 0.15) is 11.4 Å². The number of amides is 1. The lowest BCUT2D eigenvalue weighted by Gasteiger charge is -2.08. The van der Waals surface area contributed by atoms with Crippen LogP contribution in [0.25, 0.3) is 16.7 Å². The molecule has 4 rings (SSSR count). The molecule has 0 aliphatic rings. The topological polar surface area (TPSA) is 72.7 Å². The number of carbonyl (C=O) groups is 1. The second-order valence-electron chi connectivity index (χ2n) is 6.13. The fourth-order valence-electron chi connectivity index (χ4n) is 2.74. The number of aromatic nitrogens is 4. The first kappa shape index (κ1) is 18.6. The highest BCUT2D eigenvalue weighted by molar-refractivity contribution is 9.10. The van der Waals surface area contributed by atoms with Crippen LogP contribution < -0.4 is 5.32 Å². The van der Waals surface area contributed by atoms with Gasteiger partial charge in [0, 0.05) is 4.47 Å². The fraction of sp³-hybridized carbons (Fsp3) is 0.100. The molecule has 140 valence electrons. The van der Waals surface area contributed by atoms with E-state index < -0.39 is 0 Å². The number of thioether (sulfide) groups is 1. The normalized spacial score (nSPS) is 10.9. The van der Waals surface area contributed by atoms with Gasteiger partial charge in [0.25, 0.3) is 0 Å². The van der Waals surface area contributed by atoms with Gasteiger partial charge in [0.05, 0.1) is 28.7 Å². The van der Waals surface area contributed by atoms with Crippen molar-refractivity contribution in [2.75, 3.05) is 11.1 Å². The van der Waals surface area contributed by atoms with E-state index >= 15 is 0 Å². The highest BCUT2D eigenvalue weighted by Crippen LogP contribution is 2.27. The molecule has 2 heterocycles. The van der Waals surface area contributed by atoms with Crippen molar-refractivity contribution in [1.29, 1.82) is 0 Å². The number of carbonyl (C=O) groups excluding carboxylic acids is 1. The number of benzene rings is 2. The Bertz CT molecular complexity index is 1150. The number of rotatable bonds is 5. The monoisotopic (exact) mass is 453 g/mol. The molecule has 0 spiro atoms. The van der Waals surface area contributed by atoms with Gasteiger partial charge >= 0.3 is 0 Å². The number of hydrogen-bond acceptors (Lipinski definition) is 5. The van der Waals surface area contributed by atoms with E-state index in [1.165, 1.54) is 18.1 Å². The number of hydrogen-bond donors (Lipinski definition) is 1. The van der Waals surface area contributed by atoms with Crippen LogP contribution >= 0.6 is 27.7 Å². The van der Waals surface area contributed by atoms with E-state index in [1.54, 1.807) is 10.9 Å². The Labute approximate surface area is 174 Å². The van der Waals surface area contributed by atoms with Crippen LogP contribution in [0.15, 0.2) is 70.6 Å². The van der Waals surface area contributed by atoms with Crippen molar-refractivity contribution in [2.24, 2.45) is 0 Å². The van der Waals surface area contributed by atoms with Gasteiger partial charge in [0.15, 0.2) is 5.65 Å². The molecule has 28 heavy (non-hydrogen) atoms. The molecule has 2 aromatic heterocycles. The minimum absolute atomic E-state index is 0.100. The molecule has 1 N–H and O–H groups in total. The first-order valence-corrected chi connectivity index (χ1v) is 10.3. The van der Waals surface area contributed by atoms with Gasteiger partial charge in [-0.2, -0.15) is 5.10 Å². The van der Waals surface area contributed by atoms with Crippen molar-refractivity contribution in [2.45, 2.75) is 11.9 Å². The molecule has 1 amide bonds. The molecule has 0 aliphatic carbocycles. The number of nitrogens with one attached hydrogen (secondary N) is 1. The van der Waals surface area contributed by atoms with Crippen LogP contribution in [-0.4, -0.2) is 31.4 Å². The molecule has 0 unspecified atom stereocenters. The van der Waals surface area contributed by atoms with Crippen LogP contribution in [0, 0.1) is 6.92 Å². The molecule has 0 saturated carbocycles. The summed E-state index contributed by atoms with van der Waals surface area (Å²) < 4.78 is 2.63. The Hall–Kier alpha value is -2.71. The summed E-state index contributed by atoms with van der Waals surface area (Å²) in [7, 11) is 0. The van der Waals surface area contributed by atoms with E-state index in [9.17, 15) is 4.79 Å². The number of nitrogens with zero attached hydrogens (tertiary/aromatic N) is 4. The van der Waals surface area contributed by atoms with Crippen molar-refractivity contribution in [3.63, 3.8) is 0 Å². The minimum Gasteiger partial charge on any atom is -0.324 e. The zero-order chi connectivity index (χ0) is 19.5. The molecule has 4 aromatic rings. The molecular weight excluding hydrogens is 438 g/mol. The van der Waals surface area contributed by atoms with Crippen molar-refractivity contribution in [3.05, 3.63) is 71.1 Å². The van der Waals surface area contributed by atoms with Gasteiger partial charge in [0.2, 0.25) is 5.91 Å². The van der Waals surface area contributed by atoms with E-state index in [4.69, 9.17) is 0 Å². The number of aryl methyl sites for hydroxylation is 1. The van der Waals surface area contributed by atoms with Crippen LogP contribution in [0.1, 0.15) is 5.56 Å². The predicted molar refractivity (Wildman–Crippen MR) is 115 cm³/mol. The molecule has 0 saturated heterocycles. The summed E-state index contributed by atoms with van der Waals surface area (Å²) in [5, 5.41) is 8.90. The molecule has 0 radical (unpaired) electrons. The van der Waals surface area contributed by atoms with Crippen LogP contribution in [0.2, 0.25) is 0 Å². The Kier molecular flexibility index (Phi) is 5.40. The highest BCUT2D eigenvalue weighted by Gasteiger charge is 2.13. The minimum atomic E-state index is -0.100. The van der Waals surface area contributed by atoms with Gasteiger partial charge in [-0.25, -0.2) is 14.6 Å². The average Bonchev–Trinajstić information content (AvgIpc) is 3.14. The van der Waals surface area contributed by atoms with Gasteiger partial charge < -0.3 is 5.32 Å². The van der Waals surface area contributed by atoms with Crippen molar-refractivity contribution in [3.8, 4) is 5.69 Å². The van der Waals surface area contributed by atoms with Gasteiger partial charge in [-0.1, -0.05) is 36.0 Å². The lowest BCUT2D eigenvalue weighted by atomic mass is 10.2. The summed E-state index contributed by atoms with van der Waals surface area (Å²) in [4.78, 5) is 21.1. The number of anilines is 1. The lowest BCUT2D eigenvalue weighted by Crippen LogP contribution is -2.14. The largest absolute Gasteiger partial charge is 0.324 e. The maximum atomic E-state index is 12.4. The number of fused-ring (bicyclic) bond motifs is 1. The molecule has 0 fully saturated rings. The third-order valence-electron chi connectivity index (χ3n) is 4.07. The fourth-order valence-corrected chi connectivity index (χ4v) is 4.09. The van der Waals surface area contributed by atoms with Crippen LogP contribution in [0.5, 0.6) is 0 Å². The molecule has 0 atom stereocenters. The first-order valence-electron chi connectivity index (χ1n) is 8.55. The molecule has 2 aromatic carbocycles. The summed E-state index contributed by atoms with van der Waals surface area (Å²) in [5.74, 6) is 0.139. The second kappa shape index (κ2) is 8.12. The smallest absolute Gasteiger partial charge is 0.234 e. The zero-order valence-electron chi connectivity index (χ0n) is 15.0. The third kappa shape index (κ3) is 3.93. The Morgan fingerprint density at radius 2 is 2.00 bits per heavy atom. The Balaban J connectivity index is 1.51. The molecular formula is C20H16BrN5OS. The molecule has 6 nitrogen and oxygen atoms in total. The van der Waals surface area contributed by atoms with Crippen LogP contribution in [0.3, 0.4) is 0 Å². The van der Waals surface area contributed by atoms with E-state index in [0.29, 0.717) is 5.65 Å². The van der Waals surface area contributed by atoms with Gasteiger partial charge in [-0.05, 0) is 52.7 Å². The van der Waals surface area contributed by atoms with Crippen molar-refractivity contribution in [1.82, 2.24) is 19.7 Å². The second-order valence-corrected chi connectivity index (χ2v) is 7.95. The predicted octanol–water partition coefficient (Wildman–Crippen LogP) is 4.62. The summed E-state index contributed by atoms with van der Waals surface area (Å²) in [6.07, 6.45) is 3.24. The van der Waals surface area contributed by atoms with Gasteiger partial charge in [-0.15, -0.1) is 0 Å². The lowest BCUT2D eigenvalue weighted by molar-refractivity contribution is -0.113. The molecule has 0 bridgehead atoms. The van der Waals surface area contributed by atoms with E-state index in [2.05, 4.69) is 36.3 Å². The summed E-state index contributed by atoms with van der Waals surface area (Å²) >= 11 is 4.84. The van der Waals surface area contributed by atoms with Crippen LogP contribution in [0.4, 0.5) is 5.69 Å². The van der Waals surface area contributed by atoms with Crippen molar-refractivity contribution >= 4 is 50.3 Å². The standard InChI is InChI=1S/C20H16BrN5OS/c1-13-7-8-17(16(21)9-13)25-18(27)11-28-20-15-10-24-26(19(15)22-12-23-20)14-5-3-2-4-6-14/h2-10,12H,11H2,1H3,(H,25,27). The van der Waals surface area contributed by atoms with Crippen LogP contribution in [-0.2, 0) is 4.79 Å². The summed E-state index contributed by atoms with van der Waals surface area (Å²) in [5.41, 5.74) is 3.51. The Morgan fingerprint density at radius 3 is 2.79 bits per heavy atom. The SMILES string of the molecule is Cc1ccc(NC(=O)CSc2ncnc3c2cnn3-c2ccccc2)c(Br)c1. The highest BCUT2D eigenvalue weighted by atomic mass is 79.9. The van der Waals surface area contributed by atoms with Gasteiger partial charge in [-0.3, -0.25) is 4.79 Å². The van der Waals surface area contributed by atoms with E-state index in [1.807, 2.05) is 55.5 Å². The third-order valence-corrected chi connectivity index (χ3v) is 5.73. The molecule has 8 heteroatoms. The summed E-state index contributed by atoms with van der Waals surface area (Å²) in [6.45, 7) is 2.00. The number of halogens is 1. The zero-order valence-corrected chi connectivity index (χ0v) is 17.4.